The highest BCUT2D eigenvalue weighted by Gasteiger charge is 2.95. The molecule has 0 N–H and O–H groups in total. The van der Waals surface area contributed by atoms with Crippen molar-refractivity contribution < 1.29 is 39.9 Å². The zero-order valence-corrected chi connectivity index (χ0v) is 9.51. The van der Waals surface area contributed by atoms with Gasteiger partial charge in [0.15, 0.2) is 5.60 Å². The first-order valence-corrected chi connectivity index (χ1v) is 4.86. The normalized spacial score (nSPS) is 36.7. The van der Waals surface area contributed by atoms with Crippen LogP contribution in [0, 0.1) is 5.92 Å². The molecular formula is C9H10F8O. The van der Waals surface area contributed by atoms with Gasteiger partial charge in [0.2, 0.25) is 5.67 Å². The third-order valence-electron chi connectivity index (χ3n) is 3.15. The highest BCUT2D eigenvalue weighted by atomic mass is 19.4. The molecule has 0 spiro atoms. The average molecular weight is 286 g/mol. The molecule has 0 aliphatic carbocycles. The Hall–Kier alpha value is -0.600. The van der Waals surface area contributed by atoms with E-state index in [0.717, 1.165) is 13.8 Å². The monoisotopic (exact) mass is 286 g/mol. The molecule has 0 saturated carbocycles. The molecule has 1 nitrogen and oxygen atoms in total. The molecule has 1 aliphatic heterocycles. The van der Waals surface area contributed by atoms with Gasteiger partial charge in [-0.2, -0.15) is 30.7 Å². The zero-order valence-electron chi connectivity index (χ0n) is 9.51. The molecule has 1 fully saturated rings. The van der Waals surface area contributed by atoms with Crippen LogP contribution in [0.3, 0.4) is 0 Å². The summed E-state index contributed by atoms with van der Waals surface area (Å²) in [5.74, 6) is -6.30. The Kier molecular flexibility index (Phi) is 2.99. The Labute approximate surface area is 97.1 Å². The summed E-state index contributed by atoms with van der Waals surface area (Å²) >= 11 is 0. The first-order chi connectivity index (χ1) is 7.65. The Morgan fingerprint density at radius 1 is 0.944 bits per heavy atom. The van der Waals surface area contributed by atoms with Crippen LogP contribution in [-0.2, 0) is 4.74 Å². The summed E-state index contributed by atoms with van der Waals surface area (Å²) in [6, 6.07) is 0. The van der Waals surface area contributed by atoms with E-state index in [4.69, 9.17) is 0 Å². The van der Waals surface area contributed by atoms with Crippen molar-refractivity contribution in [1.82, 2.24) is 0 Å². The van der Waals surface area contributed by atoms with Crippen molar-refractivity contribution >= 4 is 0 Å². The van der Waals surface area contributed by atoms with Gasteiger partial charge in [-0.1, -0.05) is 13.8 Å². The molecule has 0 amide bonds. The lowest BCUT2D eigenvalue weighted by atomic mass is 9.77. The molecular weight excluding hydrogens is 276 g/mol. The third-order valence-corrected chi connectivity index (χ3v) is 3.15. The topological polar surface area (TPSA) is 12.5 Å². The standard InChI is InChI=1S/C9H10F8O/c1-4(2)6(5(3,10)8(12,13)14)7(11,18-6)9(15,16)17/h4H,1-3H3. The number of halogens is 8. The molecule has 0 aromatic heterocycles. The van der Waals surface area contributed by atoms with Gasteiger partial charge in [-0.15, -0.1) is 0 Å². The van der Waals surface area contributed by atoms with Gasteiger partial charge in [-0.25, -0.2) is 4.39 Å². The summed E-state index contributed by atoms with van der Waals surface area (Å²) in [6.07, 6.45) is -11.4. The van der Waals surface area contributed by atoms with E-state index in [1.165, 1.54) is 0 Å². The number of alkyl halides is 8. The van der Waals surface area contributed by atoms with Crippen LogP contribution in [0.4, 0.5) is 35.1 Å². The first kappa shape index (κ1) is 15.5. The van der Waals surface area contributed by atoms with Crippen LogP contribution in [-0.4, -0.2) is 29.5 Å². The zero-order chi connectivity index (χ0) is 14.8. The predicted octanol–water partition coefficient (Wildman–Crippen LogP) is 3.93. The number of hydrogen-bond donors (Lipinski definition) is 0. The van der Waals surface area contributed by atoms with E-state index in [0.29, 0.717) is 0 Å². The summed E-state index contributed by atoms with van der Waals surface area (Å²) < 4.78 is 105. The summed E-state index contributed by atoms with van der Waals surface area (Å²) in [6.45, 7) is 1.51. The summed E-state index contributed by atoms with van der Waals surface area (Å²) in [4.78, 5) is 0. The highest BCUT2D eigenvalue weighted by Crippen LogP contribution is 2.69. The van der Waals surface area contributed by atoms with Crippen molar-refractivity contribution in [2.75, 3.05) is 0 Å². The number of ether oxygens (including phenoxy) is 1. The van der Waals surface area contributed by atoms with Crippen molar-refractivity contribution in [2.45, 2.75) is 50.2 Å². The van der Waals surface area contributed by atoms with Gasteiger partial charge >= 0.3 is 18.2 Å². The Bertz CT molecular complexity index is 343. The number of rotatable bonds is 2. The molecule has 108 valence electrons. The minimum absolute atomic E-state index is 0.153. The quantitative estimate of drug-likeness (QED) is 0.553. The van der Waals surface area contributed by atoms with Gasteiger partial charge in [-0.05, 0) is 12.8 Å². The van der Waals surface area contributed by atoms with Crippen molar-refractivity contribution in [3.05, 3.63) is 0 Å². The van der Waals surface area contributed by atoms with E-state index >= 15 is 0 Å². The van der Waals surface area contributed by atoms with Crippen molar-refractivity contribution in [2.24, 2.45) is 5.92 Å². The van der Waals surface area contributed by atoms with E-state index in [2.05, 4.69) is 4.74 Å². The van der Waals surface area contributed by atoms with Crippen LogP contribution in [0.25, 0.3) is 0 Å². The molecule has 0 bridgehead atoms. The molecule has 3 atom stereocenters. The smallest absolute Gasteiger partial charge is 0.319 e. The predicted molar refractivity (Wildman–Crippen MR) is 44.1 cm³/mol. The Morgan fingerprint density at radius 3 is 1.50 bits per heavy atom. The minimum atomic E-state index is -5.74. The molecule has 0 aromatic rings. The second-order valence-electron chi connectivity index (χ2n) is 4.59. The molecule has 1 heterocycles. The van der Waals surface area contributed by atoms with Gasteiger partial charge in [0, 0.05) is 0 Å². The van der Waals surface area contributed by atoms with Crippen LogP contribution in [0.2, 0.25) is 0 Å². The molecule has 1 aliphatic rings. The maximum atomic E-state index is 13.7. The van der Waals surface area contributed by atoms with E-state index in [1.807, 2.05) is 0 Å². The largest absolute Gasteiger partial charge is 0.451 e. The SMILES string of the molecule is CC(C)C1(C(C)(F)C(F)(F)F)OC1(F)C(F)(F)F. The second kappa shape index (κ2) is 3.49. The lowest BCUT2D eigenvalue weighted by molar-refractivity contribution is -0.261. The van der Waals surface area contributed by atoms with Crippen LogP contribution < -0.4 is 0 Å². The molecule has 9 heteroatoms. The van der Waals surface area contributed by atoms with Gasteiger partial charge in [0.05, 0.1) is 0 Å². The van der Waals surface area contributed by atoms with Crippen LogP contribution in [0.1, 0.15) is 20.8 Å². The summed E-state index contributed by atoms with van der Waals surface area (Å²) in [5.41, 5.74) is -8.07. The molecule has 1 saturated heterocycles. The van der Waals surface area contributed by atoms with E-state index < -0.39 is 35.4 Å². The van der Waals surface area contributed by atoms with Gasteiger partial charge in [0.1, 0.15) is 0 Å². The fourth-order valence-electron chi connectivity index (χ4n) is 2.10. The first-order valence-electron chi connectivity index (χ1n) is 4.86. The van der Waals surface area contributed by atoms with Gasteiger partial charge < -0.3 is 4.74 Å². The molecule has 18 heavy (non-hydrogen) atoms. The Morgan fingerprint density at radius 2 is 1.33 bits per heavy atom. The average Bonchev–Trinajstić information content (AvgIpc) is 2.72. The van der Waals surface area contributed by atoms with Gasteiger partial charge in [0.25, 0.3) is 0 Å². The van der Waals surface area contributed by atoms with E-state index in [1.54, 1.807) is 0 Å². The van der Waals surface area contributed by atoms with E-state index in [-0.39, 0.29) is 6.92 Å². The van der Waals surface area contributed by atoms with E-state index in [9.17, 15) is 35.1 Å². The number of epoxide rings is 1. The van der Waals surface area contributed by atoms with Crippen LogP contribution in [0.5, 0.6) is 0 Å². The molecule has 0 radical (unpaired) electrons. The van der Waals surface area contributed by atoms with Gasteiger partial charge in [-0.3, -0.25) is 0 Å². The highest BCUT2D eigenvalue weighted by molar-refractivity contribution is 5.25. The molecule has 0 aromatic carbocycles. The maximum absolute atomic E-state index is 13.7. The molecule has 3 unspecified atom stereocenters. The lowest BCUT2D eigenvalue weighted by Crippen LogP contribution is -2.58. The van der Waals surface area contributed by atoms with Crippen molar-refractivity contribution in [3.63, 3.8) is 0 Å². The fraction of sp³-hybridized carbons (Fsp3) is 1.00. The van der Waals surface area contributed by atoms with Crippen molar-refractivity contribution in [1.29, 1.82) is 0 Å². The summed E-state index contributed by atoms with van der Waals surface area (Å²) in [7, 11) is 0. The second-order valence-corrected chi connectivity index (χ2v) is 4.59. The molecule has 1 rings (SSSR count). The van der Waals surface area contributed by atoms with Crippen LogP contribution >= 0.6 is 0 Å². The third kappa shape index (κ3) is 1.55. The summed E-state index contributed by atoms with van der Waals surface area (Å²) in [5, 5.41) is 0. The van der Waals surface area contributed by atoms with Crippen molar-refractivity contribution in [3.8, 4) is 0 Å². The van der Waals surface area contributed by atoms with Crippen LogP contribution in [0.15, 0.2) is 0 Å². The fourth-order valence-corrected chi connectivity index (χ4v) is 2.10. The number of hydrogen-bond acceptors (Lipinski definition) is 1. The minimum Gasteiger partial charge on any atom is -0.319 e. The lowest BCUT2D eigenvalue weighted by Gasteiger charge is -2.33. The Balaban J connectivity index is 3.34. The maximum Gasteiger partial charge on any atom is 0.451 e.